The van der Waals surface area contributed by atoms with Crippen molar-refractivity contribution in [2.75, 3.05) is 6.61 Å². The second-order valence-corrected chi connectivity index (χ2v) is 4.91. The van der Waals surface area contributed by atoms with Crippen LogP contribution in [0.2, 0.25) is 0 Å². The number of pyridine rings is 1. The lowest BCUT2D eigenvalue weighted by molar-refractivity contribution is 0.0524. The summed E-state index contributed by atoms with van der Waals surface area (Å²) in [5.41, 5.74) is 0.872. The summed E-state index contributed by atoms with van der Waals surface area (Å²) in [6.45, 7) is 7.54. The maximum Gasteiger partial charge on any atom is 0.343 e. The van der Waals surface area contributed by atoms with Crippen LogP contribution in [-0.4, -0.2) is 17.1 Å². The van der Waals surface area contributed by atoms with E-state index in [-0.39, 0.29) is 23.1 Å². The molecule has 0 aliphatic heterocycles. The molecule has 0 spiro atoms. The first-order valence-corrected chi connectivity index (χ1v) is 6.92. The van der Waals surface area contributed by atoms with E-state index >= 15 is 0 Å². The second kappa shape index (κ2) is 5.68. The van der Waals surface area contributed by atoms with Crippen LogP contribution >= 0.6 is 0 Å². The third-order valence-electron chi connectivity index (χ3n) is 3.64. The average Bonchev–Trinajstić information content (AvgIpc) is 2.46. The minimum Gasteiger partial charge on any atom is -0.462 e. The highest BCUT2D eigenvalue weighted by Gasteiger charge is 2.19. The van der Waals surface area contributed by atoms with Gasteiger partial charge in [0.15, 0.2) is 5.82 Å². The molecule has 0 unspecified atom stereocenters. The SMILES string of the molecule is CCOC(=O)c1cn(CC)c2c(F)c(C)c(C)cc2c1=O. The molecular weight excluding hydrogens is 273 g/mol. The van der Waals surface area contributed by atoms with Crippen LogP contribution in [0.5, 0.6) is 0 Å². The molecule has 0 aliphatic rings. The van der Waals surface area contributed by atoms with E-state index in [1.165, 1.54) is 6.20 Å². The summed E-state index contributed by atoms with van der Waals surface area (Å²) in [4.78, 5) is 24.3. The molecule has 0 fully saturated rings. The molecule has 2 rings (SSSR count). The van der Waals surface area contributed by atoms with Crippen molar-refractivity contribution in [1.82, 2.24) is 4.57 Å². The zero-order chi connectivity index (χ0) is 15.7. The Kier molecular flexibility index (Phi) is 4.11. The van der Waals surface area contributed by atoms with E-state index in [2.05, 4.69) is 0 Å². The lowest BCUT2D eigenvalue weighted by Crippen LogP contribution is -2.21. The average molecular weight is 291 g/mol. The molecule has 2 aromatic rings. The Bertz CT molecular complexity index is 777. The van der Waals surface area contributed by atoms with E-state index in [9.17, 15) is 14.0 Å². The Morgan fingerprint density at radius 1 is 1.33 bits per heavy atom. The van der Waals surface area contributed by atoms with Crippen molar-refractivity contribution < 1.29 is 13.9 Å². The van der Waals surface area contributed by atoms with E-state index in [0.717, 1.165) is 0 Å². The summed E-state index contributed by atoms with van der Waals surface area (Å²) >= 11 is 0. The molecule has 21 heavy (non-hydrogen) atoms. The first-order chi connectivity index (χ1) is 9.92. The molecule has 5 heteroatoms. The Hall–Kier alpha value is -2.17. The Morgan fingerprint density at radius 3 is 2.57 bits per heavy atom. The number of ether oxygens (including phenoxy) is 1. The quantitative estimate of drug-likeness (QED) is 0.817. The smallest absolute Gasteiger partial charge is 0.343 e. The van der Waals surface area contributed by atoms with Gasteiger partial charge in [0.05, 0.1) is 12.1 Å². The topological polar surface area (TPSA) is 48.3 Å². The lowest BCUT2D eigenvalue weighted by atomic mass is 10.0. The molecule has 0 N–H and O–H groups in total. The molecule has 1 heterocycles. The molecule has 0 amide bonds. The van der Waals surface area contributed by atoms with Crippen LogP contribution in [-0.2, 0) is 11.3 Å². The Labute approximate surface area is 122 Å². The highest BCUT2D eigenvalue weighted by Crippen LogP contribution is 2.22. The van der Waals surface area contributed by atoms with Crippen LogP contribution in [0.15, 0.2) is 17.1 Å². The van der Waals surface area contributed by atoms with Gasteiger partial charge in [-0.25, -0.2) is 9.18 Å². The normalized spacial score (nSPS) is 10.9. The predicted octanol–water partition coefficient (Wildman–Crippen LogP) is 2.95. The van der Waals surface area contributed by atoms with Crippen LogP contribution in [0.4, 0.5) is 4.39 Å². The molecule has 1 aromatic heterocycles. The summed E-state index contributed by atoms with van der Waals surface area (Å²) in [6.07, 6.45) is 1.38. The maximum absolute atomic E-state index is 14.5. The van der Waals surface area contributed by atoms with Gasteiger partial charge in [0, 0.05) is 18.1 Å². The molecule has 0 saturated heterocycles. The molecule has 0 radical (unpaired) electrons. The van der Waals surface area contributed by atoms with Crippen molar-refractivity contribution in [3.63, 3.8) is 0 Å². The highest BCUT2D eigenvalue weighted by atomic mass is 19.1. The summed E-state index contributed by atoms with van der Waals surface area (Å²) in [5.74, 6) is -1.09. The first-order valence-electron chi connectivity index (χ1n) is 6.92. The number of rotatable bonds is 3. The summed E-state index contributed by atoms with van der Waals surface area (Å²) in [5, 5.41) is 0.211. The lowest BCUT2D eigenvalue weighted by Gasteiger charge is -2.14. The van der Waals surface area contributed by atoms with Crippen LogP contribution in [0.25, 0.3) is 10.9 Å². The van der Waals surface area contributed by atoms with Crippen molar-refractivity contribution in [3.8, 4) is 0 Å². The van der Waals surface area contributed by atoms with Gasteiger partial charge in [-0.2, -0.15) is 0 Å². The molecule has 112 valence electrons. The van der Waals surface area contributed by atoms with Gasteiger partial charge < -0.3 is 9.30 Å². The fourth-order valence-electron chi connectivity index (χ4n) is 2.34. The van der Waals surface area contributed by atoms with Crippen molar-refractivity contribution in [1.29, 1.82) is 0 Å². The van der Waals surface area contributed by atoms with E-state index < -0.39 is 17.2 Å². The number of hydrogen-bond acceptors (Lipinski definition) is 3. The number of esters is 1. The Balaban J connectivity index is 2.90. The van der Waals surface area contributed by atoms with E-state index in [1.54, 1.807) is 31.4 Å². The van der Waals surface area contributed by atoms with Gasteiger partial charge in [0.25, 0.3) is 0 Å². The van der Waals surface area contributed by atoms with Gasteiger partial charge in [0.1, 0.15) is 5.56 Å². The number of aromatic nitrogens is 1. The number of hydrogen-bond donors (Lipinski definition) is 0. The minimum atomic E-state index is -0.676. The number of carbonyl (C=O) groups is 1. The number of halogens is 1. The van der Waals surface area contributed by atoms with E-state index in [4.69, 9.17) is 4.74 Å². The zero-order valence-electron chi connectivity index (χ0n) is 12.6. The minimum absolute atomic E-state index is 0.0612. The molecule has 0 bridgehead atoms. The van der Waals surface area contributed by atoms with Crippen LogP contribution < -0.4 is 5.43 Å². The maximum atomic E-state index is 14.5. The van der Waals surface area contributed by atoms with Gasteiger partial charge in [0.2, 0.25) is 5.43 Å². The van der Waals surface area contributed by atoms with Crippen LogP contribution in [0, 0.1) is 19.7 Å². The van der Waals surface area contributed by atoms with Gasteiger partial charge in [-0.15, -0.1) is 0 Å². The van der Waals surface area contributed by atoms with Crippen molar-refractivity contribution in [2.45, 2.75) is 34.2 Å². The van der Waals surface area contributed by atoms with Crippen molar-refractivity contribution in [3.05, 3.63) is 45.0 Å². The molecule has 1 aromatic carbocycles. The number of nitrogens with zero attached hydrogens (tertiary/aromatic N) is 1. The largest absolute Gasteiger partial charge is 0.462 e. The van der Waals surface area contributed by atoms with Crippen LogP contribution in [0.1, 0.15) is 35.3 Å². The number of benzene rings is 1. The van der Waals surface area contributed by atoms with Crippen molar-refractivity contribution in [2.24, 2.45) is 0 Å². The van der Waals surface area contributed by atoms with Crippen LogP contribution in [0.3, 0.4) is 0 Å². The monoisotopic (exact) mass is 291 g/mol. The number of fused-ring (bicyclic) bond motifs is 1. The van der Waals surface area contributed by atoms with E-state index in [0.29, 0.717) is 17.7 Å². The second-order valence-electron chi connectivity index (χ2n) is 4.91. The van der Waals surface area contributed by atoms with Gasteiger partial charge in [-0.05, 0) is 44.9 Å². The fraction of sp³-hybridized carbons (Fsp3) is 0.375. The van der Waals surface area contributed by atoms with E-state index in [1.807, 2.05) is 6.92 Å². The first kappa shape index (κ1) is 15.2. The Morgan fingerprint density at radius 2 is 2.00 bits per heavy atom. The molecule has 0 aliphatic carbocycles. The van der Waals surface area contributed by atoms with Crippen molar-refractivity contribution >= 4 is 16.9 Å². The third kappa shape index (κ3) is 2.44. The molecular formula is C16H18FNO3. The summed E-state index contributed by atoms with van der Waals surface area (Å²) < 4.78 is 21.0. The van der Waals surface area contributed by atoms with Gasteiger partial charge in [-0.1, -0.05) is 0 Å². The van der Waals surface area contributed by atoms with Gasteiger partial charge >= 0.3 is 5.97 Å². The molecule has 0 saturated carbocycles. The molecule has 0 atom stereocenters. The summed E-state index contributed by atoms with van der Waals surface area (Å²) in [7, 11) is 0. The standard InChI is InChI=1S/C16H18FNO3/c1-5-18-8-12(16(20)21-6-2)15(19)11-7-9(3)10(4)13(17)14(11)18/h7-8H,5-6H2,1-4H3. The zero-order valence-corrected chi connectivity index (χ0v) is 12.6. The third-order valence-corrected chi connectivity index (χ3v) is 3.64. The molecule has 4 nitrogen and oxygen atoms in total. The number of aryl methyl sites for hydroxylation is 2. The highest BCUT2D eigenvalue weighted by molar-refractivity contribution is 5.94. The fourth-order valence-corrected chi connectivity index (χ4v) is 2.34. The number of carbonyl (C=O) groups excluding carboxylic acids is 1. The predicted molar refractivity (Wildman–Crippen MR) is 79.3 cm³/mol. The summed E-state index contributed by atoms with van der Waals surface area (Å²) in [6, 6.07) is 1.63. The van der Waals surface area contributed by atoms with Gasteiger partial charge in [-0.3, -0.25) is 4.79 Å².